The summed E-state index contributed by atoms with van der Waals surface area (Å²) in [6, 6.07) is 1.42. The normalized spacial score (nSPS) is 14.9. The number of anilines is 1. The smallest absolute Gasteiger partial charge is 0.350 e. The van der Waals surface area contributed by atoms with Crippen LogP contribution in [0.25, 0.3) is 10.2 Å². The molecule has 0 aliphatic heterocycles. The molecule has 112 valence electrons. The highest BCUT2D eigenvalue weighted by Gasteiger charge is 2.31. The van der Waals surface area contributed by atoms with E-state index in [1.165, 1.54) is 6.07 Å². The number of fused-ring (bicyclic) bond motifs is 1. The zero-order valence-electron chi connectivity index (χ0n) is 11.4. The molecule has 21 heavy (non-hydrogen) atoms. The van der Waals surface area contributed by atoms with Gasteiger partial charge in [-0.15, -0.1) is 11.3 Å². The molecule has 0 atom stereocenters. The van der Waals surface area contributed by atoms with Gasteiger partial charge in [0.15, 0.2) is 0 Å². The minimum atomic E-state index is -2.64. The number of nitrogens with zero attached hydrogens (tertiary/aromatic N) is 1. The van der Waals surface area contributed by atoms with E-state index in [9.17, 15) is 13.6 Å². The van der Waals surface area contributed by atoms with E-state index in [1.807, 2.05) is 0 Å². The third kappa shape index (κ3) is 2.46. The quantitative estimate of drug-likeness (QED) is 0.870. The minimum absolute atomic E-state index is 0.234. The van der Waals surface area contributed by atoms with Gasteiger partial charge in [0.2, 0.25) is 0 Å². The van der Waals surface area contributed by atoms with Crippen molar-refractivity contribution < 1.29 is 18.3 Å². The van der Waals surface area contributed by atoms with Crippen molar-refractivity contribution in [1.82, 2.24) is 4.98 Å². The summed E-state index contributed by atoms with van der Waals surface area (Å²) in [6.45, 7) is 1.93. The molecule has 4 nitrogen and oxygen atoms in total. The van der Waals surface area contributed by atoms with Crippen molar-refractivity contribution in [1.29, 1.82) is 0 Å². The van der Waals surface area contributed by atoms with Crippen LogP contribution in [-0.4, -0.2) is 17.6 Å². The fourth-order valence-electron chi connectivity index (χ4n) is 2.35. The first-order chi connectivity index (χ1) is 10.0. The minimum Gasteiger partial charge on any atom is -0.462 e. The average molecular weight is 312 g/mol. The van der Waals surface area contributed by atoms with E-state index in [-0.39, 0.29) is 23.1 Å². The number of rotatable bonds is 4. The summed E-state index contributed by atoms with van der Waals surface area (Å²) < 4.78 is 30.9. The van der Waals surface area contributed by atoms with Crippen LogP contribution in [0.1, 0.15) is 53.0 Å². The standard InChI is InChI=1S/C14H14F2N2O2S/c1-2-20-14(19)11-10(17)9-7(6-3-4-6)5-8(12(15)16)18-13(9)21-11/h5-6,12H,2-4,17H2,1H3. The zero-order valence-corrected chi connectivity index (χ0v) is 12.2. The highest BCUT2D eigenvalue weighted by atomic mass is 32.1. The van der Waals surface area contributed by atoms with Crippen LogP contribution in [0.2, 0.25) is 0 Å². The summed E-state index contributed by atoms with van der Waals surface area (Å²) in [5, 5.41) is 0.634. The third-order valence-corrected chi connectivity index (χ3v) is 4.53. The summed E-state index contributed by atoms with van der Waals surface area (Å²) in [4.78, 5) is 16.5. The number of nitrogen functional groups attached to an aromatic ring is 1. The Labute approximate surface area is 123 Å². The van der Waals surface area contributed by atoms with E-state index in [2.05, 4.69) is 4.98 Å². The molecule has 3 rings (SSSR count). The number of hydrogen-bond acceptors (Lipinski definition) is 5. The summed E-state index contributed by atoms with van der Waals surface area (Å²) >= 11 is 1.02. The third-order valence-electron chi connectivity index (χ3n) is 3.45. The molecule has 0 unspecified atom stereocenters. The lowest BCUT2D eigenvalue weighted by atomic mass is 10.1. The van der Waals surface area contributed by atoms with Crippen molar-refractivity contribution in [2.45, 2.75) is 32.1 Å². The second-order valence-corrected chi connectivity index (χ2v) is 5.96. The van der Waals surface area contributed by atoms with Crippen LogP contribution in [0.5, 0.6) is 0 Å². The van der Waals surface area contributed by atoms with E-state index in [0.717, 1.165) is 29.7 Å². The van der Waals surface area contributed by atoms with Crippen LogP contribution in [0.4, 0.5) is 14.5 Å². The maximum absolute atomic E-state index is 13.0. The predicted molar refractivity (Wildman–Crippen MR) is 76.9 cm³/mol. The lowest BCUT2D eigenvalue weighted by molar-refractivity contribution is 0.0533. The molecule has 2 N–H and O–H groups in total. The Bertz CT molecular complexity index is 711. The number of esters is 1. The number of nitrogens with two attached hydrogens (primary N) is 1. The molecule has 0 aromatic carbocycles. The van der Waals surface area contributed by atoms with Crippen molar-refractivity contribution in [3.05, 3.63) is 22.2 Å². The molecule has 0 spiro atoms. The topological polar surface area (TPSA) is 65.2 Å². The highest BCUT2D eigenvalue weighted by Crippen LogP contribution is 2.47. The van der Waals surface area contributed by atoms with Gasteiger partial charge in [0.05, 0.1) is 12.3 Å². The summed E-state index contributed by atoms with van der Waals surface area (Å²) in [7, 11) is 0. The molecule has 0 bridgehead atoms. The van der Waals surface area contributed by atoms with Gasteiger partial charge < -0.3 is 10.5 Å². The molecule has 1 fully saturated rings. The molecule has 2 heterocycles. The molecule has 0 amide bonds. The summed E-state index contributed by atoms with van der Waals surface area (Å²) in [5.74, 6) is -0.293. The number of thiophene rings is 1. The highest BCUT2D eigenvalue weighted by molar-refractivity contribution is 7.21. The maximum Gasteiger partial charge on any atom is 0.350 e. The van der Waals surface area contributed by atoms with Gasteiger partial charge in [-0.2, -0.15) is 0 Å². The molecule has 1 saturated carbocycles. The molecule has 2 aromatic rings. The van der Waals surface area contributed by atoms with Crippen LogP contribution in [-0.2, 0) is 4.74 Å². The number of ether oxygens (including phenoxy) is 1. The van der Waals surface area contributed by atoms with Gasteiger partial charge >= 0.3 is 5.97 Å². The Balaban J connectivity index is 2.20. The van der Waals surface area contributed by atoms with Gasteiger partial charge in [0.25, 0.3) is 6.43 Å². The van der Waals surface area contributed by atoms with Crippen molar-refractivity contribution in [2.24, 2.45) is 0 Å². The first kappa shape index (κ1) is 14.2. The van der Waals surface area contributed by atoms with Crippen molar-refractivity contribution in [3.63, 3.8) is 0 Å². The SMILES string of the molecule is CCOC(=O)c1sc2nc(C(F)F)cc(C3CC3)c2c1N. The molecular weight excluding hydrogens is 298 g/mol. The maximum atomic E-state index is 13.0. The van der Waals surface area contributed by atoms with Crippen molar-refractivity contribution in [3.8, 4) is 0 Å². The average Bonchev–Trinajstić information content (AvgIpc) is 3.23. The predicted octanol–water partition coefficient (Wildman–Crippen LogP) is 3.87. The Hall–Kier alpha value is -1.76. The Kier molecular flexibility index (Phi) is 3.52. The van der Waals surface area contributed by atoms with Crippen LogP contribution >= 0.6 is 11.3 Å². The number of alkyl halides is 2. The number of aromatic nitrogens is 1. The lowest BCUT2D eigenvalue weighted by Crippen LogP contribution is -2.05. The second-order valence-electron chi connectivity index (χ2n) is 4.96. The van der Waals surface area contributed by atoms with Gasteiger partial charge in [0.1, 0.15) is 15.4 Å². The van der Waals surface area contributed by atoms with E-state index >= 15 is 0 Å². The molecular formula is C14H14F2N2O2S. The Morgan fingerprint density at radius 1 is 1.57 bits per heavy atom. The molecule has 1 aliphatic rings. The van der Waals surface area contributed by atoms with E-state index in [0.29, 0.717) is 15.9 Å². The van der Waals surface area contributed by atoms with Gasteiger partial charge in [-0.05, 0) is 37.3 Å². The van der Waals surface area contributed by atoms with Crippen LogP contribution < -0.4 is 5.73 Å². The van der Waals surface area contributed by atoms with Crippen molar-refractivity contribution >= 4 is 33.2 Å². The van der Waals surface area contributed by atoms with Gasteiger partial charge in [0, 0.05) is 5.39 Å². The monoisotopic (exact) mass is 312 g/mol. The van der Waals surface area contributed by atoms with Gasteiger partial charge in [-0.3, -0.25) is 0 Å². The number of carbonyl (C=O) groups is 1. The number of pyridine rings is 1. The van der Waals surface area contributed by atoms with Crippen LogP contribution in [0, 0.1) is 0 Å². The molecule has 0 radical (unpaired) electrons. The van der Waals surface area contributed by atoms with E-state index in [4.69, 9.17) is 10.5 Å². The first-order valence-corrected chi connectivity index (χ1v) is 7.52. The molecule has 7 heteroatoms. The zero-order chi connectivity index (χ0) is 15.1. The van der Waals surface area contributed by atoms with Crippen molar-refractivity contribution in [2.75, 3.05) is 12.3 Å². The van der Waals surface area contributed by atoms with Gasteiger partial charge in [-0.25, -0.2) is 18.6 Å². The number of halogens is 2. The molecule has 2 aromatic heterocycles. The lowest BCUT2D eigenvalue weighted by Gasteiger charge is -2.06. The summed E-state index contributed by atoms with van der Waals surface area (Å²) in [6.07, 6.45) is -0.737. The van der Waals surface area contributed by atoms with E-state index in [1.54, 1.807) is 6.92 Å². The van der Waals surface area contributed by atoms with Crippen LogP contribution in [0.15, 0.2) is 6.07 Å². The molecule has 0 saturated heterocycles. The largest absolute Gasteiger partial charge is 0.462 e. The summed E-state index contributed by atoms with van der Waals surface area (Å²) in [5.41, 5.74) is 6.85. The first-order valence-electron chi connectivity index (χ1n) is 6.71. The number of carbonyl (C=O) groups excluding carboxylic acids is 1. The fourth-order valence-corrected chi connectivity index (χ4v) is 3.38. The fraction of sp³-hybridized carbons (Fsp3) is 0.429. The molecule has 1 aliphatic carbocycles. The number of hydrogen-bond donors (Lipinski definition) is 1. The Morgan fingerprint density at radius 3 is 2.86 bits per heavy atom. The van der Waals surface area contributed by atoms with E-state index < -0.39 is 12.4 Å². The van der Waals surface area contributed by atoms with Gasteiger partial charge in [-0.1, -0.05) is 0 Å². The van der Waals surface area contributed by atoms with Crippen LogP contribution in [0.3, 0.4) is 0 Å². The second kappa shape index (κ2) is 5.22. The Morgan fingerprint density at radius 2 is 2.29 bits per heavy atom.